The largest absolute Gasteiger partial charge is 0.386 e. The van der Waals surface area contributed by atoms with E-state index in [9.17, 15) is 9.50 Å². The van der Waals surface area contributed by atoms with Crippen molar-refractivity contribution in [1.29, 1.82) is 0 Å². The third-order valence-corrected chi connectivity index (χ3v) is 4.54. The van der Waals surface area contributed by atoms with Crippen LogP contribution in [0.25, 0.3) is 0 Å². The molecule has 118 valence electrons. The zero-order chi connectivity index (χ0) is 15.2. The molecule has 4 heteroatoms. The van der Waals surface area contributed by atoms with E-state index in [1.807, 2.05) is 6.92 Å². The number of hydrogen-bond donors (Lipinski definition) is 1. The number of aromatic nitrogens is 1. The minimum absolute atomic E-state index is 0.102. The number of aliphatic hydroxyl groups is 1. The van der Waals surface area contributed by atoms with Gasteiger partial charge in [-0.3, -0.25) is 4.98 Å². The first-order chi connectivity index (χ1) is 10.1. The molecule has 21 heavy (non-hydrogen) atoms. The quantitative estimate of drug-likeness (QED) is 0.873. The number of halogens is 1. The molecule has 1 N–H and O–H groups in total. The van der Waals surface area contributed by atoms with Crippen molar-refractivity contribution in [2.45, 2.75) is 45.6 Å². The lowest BCUT2D eigenvalue weighted by atomic mass is 9.91. The smallest absolute Gasteiger partial charge is 0.141 e. The Hall–Kier alpha value is -1.00. The van der Waals surface area contributed by atoms with Crippen molar-refractivity contribution in [3.05, 3.63) is 29.8 Å². The van der Waals surface area contributed by atoms with Crippen LogP contribution in [0, 0.1) is 17.7 Å². The van der Waals surface area contributed by atoms with Gasteiger partial charge < -0.3 is 10.0 Å². The molecule has 2 rings (SSSR count). The van der Waals surface area contributed by atoms with Crippen LogP contribution in [0.4, 0.5) is 4.39 Å². The minimum atomic E-state index is -0.626. The third-order valence-electron chi connectivity index (χ3n) is 4.54. The van der Waals surface area contributed by atoms with Gasteiger partial charge in [-0.2, -0.15) is 0 Å². The average molecular weight is 294 g/mol. The predicted octanol–water partition coefficient (Wildman–Crippen LogP) is 3.40. The van der Waals surface area contributed by atoms with Crippen LogP contribution < -0.4 is 0 Å². The fraction of sp³-hybridized carbons (Fsp3) is 0.706. The van der Waals surface area contributed by atoms with E-state index in [0.717, 1.165) is 25.6 Å². The zero-order valence-electron chi connectivity index (χ0n) is 13.1. The number of nitrogens with zero attached hydrogens (tertiary/aromatic N) is 2. The van der Waals surface area contributed by atoms with Crippen molar-refractivity contribution in [2.24, 2.45) is 11.8 Å². The summed E-state index contributed by atoms with van der Waals surface area (Å²) in [4.78, 5) is 6.42. The molecule has 0 aromatic carbocycles. The van der Waals surface area contributed by atoms with E-state index < -0.39 is 6.10 Å². The molecule has 3 nitrogen and oxygen atoms in total. The summed E-state index contributed by atoms with van der Waals surface area (Å²) in [5.74, 6) is 0.618. The molecule has 0 aliphatic carbocycles. The summed E-state index contributed by atoms with van der Waals surface area (Å²) in [6.07, 6.45) is 5.69. The molecule has 0 saturated carbocycles. The molecule has 1 aromatic heterocycles. The summed E-state index contributed by atoms with van der Waals surface area (Å²) >= 11 is 0. The van der Waals surface area contributed by atoms with Crippen LogP contribution in [0.1, 0.15) is 51.3 Å². The normalized spacial score (nSPS) is 20.4. The van der Waals surface area contributed by atoms with Gasteiger partial charge in [0.2, 0.25) is 0 Å². The Balaban J connectivity index is 1.81. The standard InChI is InChI=1S/C17H27FN2O/c1-3-4-14-7-9-20(10-8-14)12-13(2)17(21)16-6-5-15(18)11-19-16/h5-6,11,13-14,17,21H,3-4,7-10,12H2,1-2H3. The van der Waals surface area contributed by atoms with Gasteiger partial charge in [-0.25, -0.2) is 4.39 Å². The van der Waals surface area contributed by atoms with Gasteiger partial charge in [-0.15, -0.1) is 0 Å². The molecule has 0 bridgehead atoms. The number of aliphatic hydroxyl groups excluding tert-OH is 1. The first-order valence-electron chi connectivity index (χ1n) is 8.12. The molecule has 2 unspecified atom stereocenters. The number of pyridine rings is 1. The Morgan fingerprint density at radius 1 is 1.38 bits per heavy atom. The first kappa shape index (κ1) is 16.4. The predicted molar refractivity (Wildman–Crippen MR) is 82.4 cm³/mol. The van der Waals surface area contributed by atoms with E-state index in [2.05, 4.69) is 16.8 Å². The Labute approximate surface area is 127 Å². The number of likely N-dealkylation sites (tertiary alicyclic amines) is 1. The lowest BCUT2D eigenvalue weighted by molar-refractivity contribution is 0.0716. The minimum Gasteiger partial charge on any atom is -0.386 e. The van der Waals surface area contributed by atoms with E-state index >= 15 is 0 Å². The van der Waals surface area contributed by atoms with Crippen LogP contribution >= 0.6 is 0 Å². The summed E-state index contributed by atoms with van der Waals surface area (Å²) in [5, 5.41) is 10.3. The van der Waals surface area contributed by atoms with E-state index in [1.54, 1.807) is 6.07 Å². The van der Waals surface area contributed by atoms with Crippen LogP contribution in [-0.2, 0) is 0 Å². The molecule has 0 radical (unpaired) electrons. The Kier molecular flexibility index (Phi) is 6.12. The monoisotopic (exact) mass is 294 g/mol. The number of hydrogen-bond acceptors (Lipinski definition) is 3. The second-order valence-electron chi connectivity index (χ2n) is 6.36. The van der Waals surface area contributed by atoms with Crippen molar-refractivity contribution in [3.63, 3.8) is 0 Å². The van der Waals surface area contributed by atoms with E-state index in [-0.39, 0.29) is 11.7 Å². The SMILES string of the molecule is CCCC1CCN(CC(C)C(O)c2ccc(F)cn2)CC1. The molecule has 1 aliphatic heterocycles. The Bertz CT molecular complexity index is 415. The average Bonchev–Trinajstić information content (AvgIpc) is 2.49. The maximum absolute atomic E-state index is 12.9. The van der Waals surface area contributed by atoms with Gasteiger partial charge in [-0.05, 0) is 44.0 Å². The third kappa shape index (κ3) is 4.75. The molecule has 1 saturated heterocycles. The lowest BCUT2D eigenvalue weighted by Crippen LogP contribution is -2.37. The van der Waals surface area contributed by atoms with Crippen molar-refractivity contribution < 1.29 is 9.50 Å². The van der Waals surface area contributed by atoms with Crippen molar-refractivity contribution in [1.82, 2.24) is 9.88 Å². The summed E-state index contributed by atoms with van der Waals surface area (Å²) in [7, 11) is 0. The molecule has 1 fully saturated rings. The molecular formula is C17H27FN2O. The van der Waals surface area contributed by atoms with Gasteiger partial charge in [0.05, 0.1) is 18.0 Å². The van der Waals surface area contributed by atoms with Crippen LogP contribution in [0.5, 0.6) is 0 Å². The fourth-order valence-electron chi connectivity index (χ4n) is 3.23. The van der Waals surface area contributed by atoms with Crippen LogP contribution in [0.2, 0.25) is 0 Å². The molecule has 2 atom stereocenters. The van der Waals surface area contributed by atoms with Crippen LogP contribution in [0.3, 0.4) is 0 Å². The maximum atomic E-state index is 12.9. The highest BCUT2D eigenvalue weighted by Crippen LogP contribution is 2.25. The van der Waals surface area contributed by atoms with Gasteiger partial charge in [0, 0.05) is 12.5 Å². The Morgan fingerprint density at radius 3 is 2.67 bits per heavy atom. The second kappa shape index (κ2) is 7.85. The zero-order valence-corrected chi connectivity index (χ0v) is 13.1. The highest BCUT2D eigenvalue weighted by atomic mass is 19.1. The first-order valence-corrected chi connectivity index (χ1v) is 8.12. The molecule has 0 spiro atoms. The van der Waals surface area contributed by atoms with E-state index in [0.29, 0.717) is 5.69 Å². The van der Waals surface area contributed by atoms with Crippen molar-refractivity contribution in [3.8, 4) is 0 Å². The molecular weight excluding hydrogens is 267 g/mol. The van der Waals surface area contributed by atoms with Gasteiger partial charge in [0.25, 0.3) is 0 Å². The molecule has 1 aliphatic rings. The molecule has 2 heterocycles. The topological polar surface area (TPSA) is 36.4 Å². The van der Waals surface area contributed by atoms with Gasteiger partial charge in [0.15, 0.2) is 0 Å². The van der Waals surface area contributed by atoms with Gasteiger partial charge in [-0.1, -0.05) is 26.7 Å². The fourth-order valence-corrected chi connectivity index (χ4v) is 3.23. The second-order valence-corrected chi connectivity index (χ2v) is 6.36. The Morgan fingerprint density at radius 2 is 2.10 bits per heavy atom. The maximum Gasteiger partial charge on any atom is 0.141 e. The summed E-state index contributed by atoms with van der Waals surface area (Å²) < 4.78 is 12.9. The van der Waals surface area contributed by atoms with Crippen LogP contribution in [-0.4, -0.2) is 34.6 Å². The lowest BCUT2D eigenvalue weighted by Gasteiger charge is -2.34. The van der Waals surface area contributed by atoms with Gasteiger partial charge >= 0.3 is 0 Å². The number of piperidine rings is 1. The van der Waals surface area contributed by atoms with E-state index in [4.69, 9.17) is 0 Å². The van der Waals surface area contributed by atoms with Crippen molar-refractivity contribution >= 4 is 0 Å². The summed E-state index contributed by atoms with van der Waals surface area (Å²) in [6.45, 7) is 7.41. The summed E-state index contributed by atoms with van der Waals surface area (Å²) in [6, 6.07) is 2.93. The van der Waals surface area contributed by atoms with E-state index in [1.165, 1.54) is 37.9 Å². The highest BCUT2D eigenvalue weighted by molar-refractivity contribution is 5.08. The summed E-state index contributed by atoms with van der Waals surface area (Å²) in [5.41, 5.74) is 0.560. The van der Waals surface area contributed by atoms with Crippen LogP contribution in [0.15, 0.2) is 18.3 Å². The molecule has 0 amide bonds. The molecule has 1 aromatic rings. The van der Waals surface area contributed by atoms with Gasteiger partial charge in [0.1, 0.15) is 5.82 Å². The highest BCUT2D eigenvalue weighted by Gasteiger charge is 2.24. The van der Waals surface area contributed by atoms with Crippen molar-refractivity contribution in [2.75, 3.05) is 19.6 Å². The number of rotatable bonds is 6.